The maximum Gasteiger partial charge on any atom is 0.326 e. The third-order valence-corrected chi connectivity index (χ3v) is 2.90. The van der Waals surface area contributed by atoms with Crippen LogP contribution in [0.4, 0.5) is 0 Å². The van der Waals surface area contributed by atoms with Gasteiger partial charge in [-0.1, -0.05) is 18.2 Å². The summed E-state index contributed by atoms with van der Waals surface area (Å²) < 4.78 is 7.15. The number of fused-ring (bicyclic) bond motifs is 1. The smallest absolute Gasteiger partial charge is 0.326 e. The third kappa shape index (κ3) is 3.15. The molecule has 0 bridgehead atoms. The quantitative estimate of drug-likeness (QED) is 0.839. The highest BCUT2D eigenvalue weighted by Gasteiger charge is 2.11. The first-order chi connectivity index (χ1) is 9.11. The number of para-hydroxylation sites is 1. The molecule has 0 aliphatic heterocycles. The molecule has 0 saturated heterocycles. The van der Waals surface area contributed by atoms with Crippen LogP contribution in [0.1, 0.15) is 19.4 Å². The molecule has 1 aromatic carbocycles. The van der Waals surface area contributed by atoms with Gasteiger partial charge in [0, 0.05) is 23.6 Å². The van der Waals surface area contributed by atoms with Crippen molar-refractivity contribution in [2.24, 2.45) is 0 Å². The molecule has 102 valence electrons. The van der Waals surface area contributed by atoms with E-state index >= 15 is 0 Å². The molecular weight excluding hydrogens is 240 g/mol. The molecule has 0 aliphatic carbocycles. The van der Waals surface area contributed by atoms with Gasteiger partial charge in [-0.15, -0.1) is 0 Å². The zero-order chi connectivity index (χ0) is 13.8. The van der Waals surface area contributed by atoms with Gasteiger partial charge in [0.1, 0.15) is 6.54 Å². The molecule has 2 rings (SSSR count). The Morgan fingerprint density at radius 1 is 1.37 bits per heavy atom. The topological polar surface area (TPSA) is 43.3 Å². The first-order valence-electron chi connectivity index (χ1n) is 6.52. The lowest BCUT2D eigenvalue weighted by atomic mass is 10.2. The fourth-order valence-electron chi connectivity index (χ4n) is 2.22. The van der Waals surface area contributed by atoms with Gasteiger partial charge in [-0.05, 0) is 32.5 Å². The van der Waals surface area contributed by atoms with E-state index in [2.05, 4.69) is 11.4 Å². The third-order valence-electron chi connectivity index (χ3n) is 2.90. The number of nitrogens with one attached hydrogen (secondary N) is 1. The number of rotatable bonds is 5. The minimum absolute atomic E-state index is 0.0777. The molecule has 2 aromatic rings. The molecule has 0 amide bonds. The average Bonchev–Trinajstić information content (AvgIpc) is 2.68. The molecule has 0 atom stereocenters. The second-order valence-corrected chi connectivity index (χ2v) is 4.87. The van der Waals surface area contributed by atoms with Gasteiger partial charge in [-0.2, -0.15) is 0 Å². The first-order valence-corrected chi connectivity index (χ1v) is 6.52. The molecule has 0 fully saturated rings. The molecule has 1 heterocycles. The van der Waals surface area contributed by atoms with Crippen LogP contribution in [0.5, 0.6) is 0 Å². The molecule has 4 heteroatoms. The fraction of sp³-hybridized carbons (Fsp3) is 0.400. The number of hydrogen-bond donors (Lipinski definition) is 1. The Labute approximate surface area is 113 Å². The van der Waals surface area contributed by atoms with Crippen LogP contribution < -0.4 is 5.32 Å². The summed E-state index contributed by atoms with van der Waals surface area (Å²) in [5, 5.41) is 4.32. The summed E-state index contributed by atoms with van der Waals surface area (Å²) in [5.74, 6) is -0.202. The molecule has 4 nitrogen and oxygen atoms in total. The van der Waals surface area contributed by atoms with Crippen molar-refractivity contribution < 1.29 is 9.53 Å². The number of ether oxygens (including phenoxy) is 1. The second-order valence-electron chi connectivity index (χ2n) is 4.87. The van der Waals surface area contributed by atoms with Crippen molar-refractivity contribution in [1.29, 1.82) is 0 Å². The highest BCUT2D eigenvalue weighted by Crippen LogP contribution is 2.21. The zero-order valence-corrected chi connectivity index (χ0v) is 11.6. The maximum atomic E-state index is 11.8. The van der Waals surface area contributed by atoms with Crippen LogP contribution in [0.25, 0.3) is 10.9 Å². The molecule has 0 spiro atoms. The Morgan fingerprint density at radius 2 is 2.11 bits per heavy atom. The van der Waals surface area contributed by atoms with Crippen LogP contribution in [-0.2, 0) is 22.6 Å². The Hall–Kier alpha value is -1.81. The van der Waals surface area contributed by atoms with E-state index in [1.807, 2.05) is 49.9 Å². The van der Waals surface area contributed by atoms with Crippen molar-refractivity contribution in [2.75, 3.05) is 7.05 Å². The fourth-order valence-corrected chi connectivity index (χ4v) is 2.22. The van der Waals surface area contributed by atoms with E-state index in [1.165, 1.54) is 10.9 Å². The summed E-state index contributed by atoms with van der Waals surface area (Å²) in [7, 11) is 1.92. The first kappa shape index (κ1) is 13.6. The maximum absolute atomic E-state index is 11.8. The average molecular weight is 260 g/mol. The van der Waals surface area contributed by atoms with Crippen molar-refractivity contribution in [1.82, 2.24) is 9.88 Å². The summed E-state index contributed by atoms with van der Waals surface area (Å²) in [6.45, 7) is 4.76. The van der Waals surface area contributed by atoms with Crippen LogP contribution >= 0.6 is 0 Å². The Morgan fingerprint density at radius 3 is 2.79 bits per heavy atom. The lowest BCUT2D eigenvalue weighted by Gasteiger charge is -2.09. The van der Waals surface area contributed by atoms with Gasteiger partial charge in [0.15, 0.2) is 0 Å². The van der Waals surface area contributed by atoms with Crippen LogP contribution in [0, 0.1) is 0 Å². The summed E-state index contributed by atoms with van der Waals surface area (Å²) in [6, 6.07) is 8.09. The number of aromatic nitrogens is 1. The van der Waals surface area contributed by atoms with E-state index in [4.69, 9.17) is 4.74 Å². The molecule has 0 saturated carbocycles. The lowest BCUT2D eigenvalue weighted by Crippen LogP contribution is -2.17. The number of nitrogens with zero attached hydrogens (tertiary/aromatic N) is 1. The van der Waals surface area contributed by atoms with Crippen LogP contribution in [0.15, 0.2) is 30.5 Å². The van der Waals surface area contributed by atoms with E-state index in [9.17, 15) is 4.79 Å². The van der Waals surface area contributed by atoms with Gasteiger partial charge in [0.05, 0.1) is 6.10 Å². The number of carbonyl (C=O) groups is 1. The summed E-state index contributed by atoms with van der Waals surface area (Å²) in [5.41, 5.74) is 2.25. The van der Waals surface area contributed by atoms with E-state index in [0.29, 0.717) is 0 Å². The molecule has 0 radical (unpaired) electrons. The van der Waals surface area contributed by atoms with Crippen molar-refractivity contribution >= 4 is 16.9 Å². The van der Waals surface area contributed by atoms with Crippen molar-refractivity contribution in [3.63, 3.8) is 0 Å². The van der Waals surface area contributed by atoms with E-state index in [0.717, 1.165) is 12.1 Å². The van der Waals surface area contributed by atoms with E-state index < -0.39 is 0 Å². The minimum Gasteiger partial charge on any atom is -0.462 e. The normalized spacial score (nSPS) is 11.2. The number of hydrogen-bond acceptors (Lipinski definition) is 3. The number of carbonyl (C=O) groups excluding carboxylic acids is 1. The highest BCUT2D eigenvalue weighted by atomic mass is 16.5. The van der Waals surface area contributed by atoms with Gasteiger partial charge in [0.25, 0.3) is 0 Å². The molecule has 0 unspecified atom stereocenters. The Kier molecular flexibility index (Phi) is 4.22. The van der Waals surface area contributed by atoms with Crippen LogP contribution in [0.2, 0.25) is 0 Å². The molecular formula is C15H20N2O2. The summed E-state index contributed by atoms with van der Waals surface area (Å²) >= 11 is 0. The van der Waals surface area contributed by atoms with Gasteiger partial charge < -0.3 is 14.6 Å². The van der Waals surface area contributed by atoms with Crippen molar-refractivity contribution in [2.45, 2.75) is 33.0 Å². The Balaban J connectivity index is 2.30. The summed E-state index contributed by atoms with van der Waals surface area (Å²) in [4.78, 5) is 11.8. The van der Waals surface area contributed by atoms with Gasteiger partial charge in [0.2, 0.25) is 0 Å². The SMILES string of the molecule is CNCc1cn(CC(=O)OC(C)C)c2ccccc12. The van der Waals surface area contributed by atoms with Gasteiger partial charge in [-0.3, -0.25) is 4.79 Å². The van der Waals surface area contributed by atoms with Gasteiger partial charge >= 0.3 is 5.97 Å². The number of esters is 1. The standard InChI is InChI=1S/C15H20N2O2/c1-11(2)19-15(18)10-17-9-12(8-16-3)13-6-4-5-7-14(13)17/h4-7,9,11,16H,8,10H2,1-3H3. The van der Waals surface area contributed by atoms with E-state index in [-0.39, 0.29) is 18.6 Å². The highest BCUT2D eigenvalue weighted by molar-refractivity contribution is 5.85. The summed E-state index contributed by atoms with van der Waals surface area (Å²) in [6.07, 6.45) is 1.94. The van der Waals surface area contributed by atoms with E-state index in [1.54, 1.807) is 0 Å². The van der Waals surface area contributed by atoms with Crippen LogP contribution in [-0.4, -0.2) is 23.7 Å². The van der Waals surface area contributed by atoms with Crippen LogP contribution in [0.3, 0.4) is 0 Å². The molecule has 19 heavy (non-hydrogen) atoms. The predicted octanol–water partition coefficient (Wildman–Crippen LogP) is 2.31. The predicted molar refractivity (Wildman–Crippen MR) is 75.9 cm³/mol. The van der Waals surface area contributed by atoms with Crippen molar-refractivity contribution in [3.8, 4) is 0 Å². The molecule has 0 aliphatic rings. The molecule has 1 N–H and O–H groups in total. The molecule has 1 aromatic heterocycles. The second kappa shape index (κ2) is 5.89. The zero-order valence-electron chi connectivity index (χ0n) is 11.6. The van der Waals surface area contributed by atoms with Crippen molar-refractivity contribution in [3.05, 3.63) is 36.0 Å². The Bertz CT molecular complexity index is 573. The minimum atomic E-state index is -0.202. The largest absolute Gasteiger partial charge is 0.462 e. The number of benzene rings is 1. The lowest BCUT2D eigenvalue weighted by molar-refractivity contribution is -0.148. The monoisotopic (exact) mass is 260 g/mol. The van der Waals surface area contributed by atoms with Gasteiger partial charge in [-0.25, -0.2) is 0 Å².